The van der Waals surface area contributed by atoms with Crippen LogP contribution in [0.4, 0.5) is 0 Å². The number of ether oxygens (including phenoxy) is 1. The summed E-state index contributed by atoms with van der Waals surface area (Å²) in [6.07, 6.45) is 10.2. The molecule has 0 aromatic heterocycles. The van der Waals surface area contributed by atoms with Crippen molar-refractivity contribution >= 4 is 16.4 Å². The van der Waals surface area contributed by atoms with Crippen molar-refractivity contribution in [2.24, 2.45) is 0 Å². The lowest BCUT2D eigenvalue weighted by molar-refractivity contribution is -0.00960. The molecule has 0 aromatic rings. The van der Waals surface area contributed by atoms with E-state index in [0.29, 0.717) is 13.0 Å². The second-order valence-corrected chi connectivity index (χ2v) is 5.71. The van der Waals surface area contributed by atoms with E-state index in [1.165, 1.54) is 4.83 Å². The molecular weight excluding hydrogens is 264 g/mol. The summed E-state index contributed by atoms with van der Waals surface area (Å²) in [4.78, 5) is 6.61. The Bertz CT molecular complexity index is 364. The van der Waals surface area contributed by atoms with Crippen molar-refractivity contribution in [1.29, 1.82) is 0 Å². The zero-order valence-electron chi connectivity index (χ0n) is 10.9. The highest BCUT2D eigenvalue weighted by Crippen LogP contribution is 2.52. The molecule has 19 heavy (non-hydrogen) atoms. The lowest BCUT2D eigenvalue weighted by Crippen LogP contribution is -2.24. The largest absolute Gasteiger partial charge is 0.382 e. The number of hydroxylamine groups is 1. The van der Waals surface area contributed by atoms with Gasteiger partial charge in [-0.2, -0.15) is 0 Å². The predicted octanol–water partition coefficient (Wildman–Crippen LogP) is 1.70. The van der Waals surface area contributed by atoms with Crippen molar-refractivity contribution in [1.82, 2.24) is 4.83 Å². The third-order valence-corrected chi connectivity index (χ3v) is 4.53. The summed E-state index contributed by atoms with van der Waals surface area (Å²) >= 11 is 0. The second kappa shape index (κ2) is 6.74. The normalized spacial score (nSPS) is 39.1. The van der Waals surface area contributed by atoms with Crippen molar-refractivity contribution in [3.8, 4) is 12.5 Å². The van der Waals surface area contributed by atoms with Gasteiger partial charge in [-0.25, -0.2) is 0 Å². The Morgan fingerprint density at radius 3 is 3.11 bits per heavy atom. The highest BCUT2D eigenvalue weighted by molar-refractivity contribution is 7.44. The first kappa shape index (κ1) is 14.8. The molecule has 0 N–H and O–H groups in total. The molecular formula is C12H17BNO4P. The highest BCUT2D eigenvalue weighted by Gasteiger charge is 2.41. The smallest absolute Gasteiger partial charge is 0.296 e. The molecule has 0 spiro atoms. The van der Waals surface area contributed by atoms with E-state index in [2.05, 4.69) is 12.7 Å². The Hall–Kier alpha value is -0.565. The van der Waals surface area contributed by atoms with Crippen molar-refractivity contribution in [2.45, 2.75) is 44.1 Å². The third-order valence-electron chi connectivity index (χ3n) is 3.02. The number of nitrogens with zero attached hydrogens (tertiary/aromatic N) is 1. The summed E-state index contributed by atoms with van der Waals surface area (Å²) in [7, 11) is 4.42. The molecule has 3 unspecified atom stereocenters. The minimum atomic E-state index is -1.36. The average Bonchev–Trinajstić information content (AvgIpc) is 2.94. The molecule has 2 saturated heterocycles. The fourth-order valence-corrected chi connectivity index (χ4v) is 3.59. The minimum absolute atomic E-state index is 0.0171. The standard InChI is InChI=1S/C12H17BNO4P/c1-4-9-8-14(15-6-3)19(17-9)18-11-7-12(13)16-10(11)5-2/h3-4,9-12H,1,5,7-8H2,2H3/t9?,10-,11?,12?,19+/m1/s1. The minimum Gasteiger partial charge on any atom is -0.382 e. The van der Waals surface area contributed by atoms with Gasteiger partial charge in [0.2, 0.25) is 0 Å². The highest BCUT2D eigenvalue weighted by atomic mass is 31.2. The first-order valence-electron chi connectivity index (χ1n) is 6.25. The monoisotopic (exact) mass is 281 g/mol. The quantitative estimate of drug-likeness (QED) is 0.332. The molecule has 0 aliphatic carbocycles. The molecule has 102 valence electrons. The zero-order valence-corrected chi connectivity index (χ0v) is 11.8. The van der Waals surface area contributed by atoms with Gasteiger partial charge in [0.15, 0.2) is 0 Å². The molecule has 2 rings (SSSR count). The maximum atomic E-state index is 5.94. The summed E-state index contributed by atoms with van der Waals surface area (Å²) < 4.78 is 17.2. The fourth-order valence-electron chi connectivity index (χ4n) is 2.08. The van der Waals surface area contributed by atoms with E-state index >= 15 is 0 Å². The zero-order chi connectivity index (χ0) is 13.8. The van der Waals surface area contributed by atoms with E-state index in [-0.39, 0.29) is 24.3 Å². The van der Waals surface area contributed by atoms with Crippen LogP contribution in [-0.2, 0) is 18.6 Å². The molecule has 0 aromatic carbocycles. The molecule has 5 atom stereocenters. The van der Waals surface area contributed by atoms with Crippen LogP contribution in [0.5, 0.6) is 0 Å². The summed E-state index contributed by atoms with van der Waals surface area (Å²) in [5.41, 5.74) is 0. The number of terminal acetylenes is 1. The number of rotatable bonds is 5. The van der Waals surface area contributed by atoms with E-state index in [1.54, 1.807) is 6.08 Å². The van der Waals surface area contributed by atoms with Gasteiger partial charge in [-0.3, -0.25) is 0 Å². The van der Waals surface area contributed by atoms with Crippen molar-refractivity contribution < 1.29 is 18.6 Å². The summed E-state index contributed by atoms with van der Waals surface area (Å²) in [6, 6.07) is -0.287. The van der Waals surface area contributed by atoms with Crippen LogP contribution in [0.2, 0.25) is 0 Å². The van der Waals surface area contributed by atoms with Crippen molar-refractivity contribution in [3.63, 3.8) is 0 Å². The summed E-state index contributed by atoms with van der Waals surface area (Å²) in [5.74, 6) is 0. The molecule has 0 amide bonds. The fraction of sp³-hybridized carbons (Fsp3) is 0.667. The molecule has 0 bridgehead atoms. The van der Waals surface area contributed by atoms with E-state index in [4.69, 9.17) is 32.9 Å². The maximum absolute atomic E-state index is 5.94. The average molecular weight is 281 g/mol. The van der Waals surface area contributed by atoms with E-state index in [9.17, 15) is 0 Å². The summed E-state index contributed by atoms with van der Waals surface area (Å²) in [6.45, 7) is 6.24. The Morgan fingerprint density at radius 2 is 2.47 bits per heavy atom. The Labute approximate surface area is 116 Å². The van der Waals surface area contributed by atoms with Gasteiger partial charge in [-0.05, 0) is 12.8 Å². The first-order valence-corrected chi connectivity index (χ1v) is 7.38. The third kappa shape index (κ3) is 3.50. The summed E-state index contributed by atoms with van der Waals surface area (Å²) in [5, 5.41) is 0. The van der Waals surface area contributed by atoms with Gasteiger partial charge < -0.3 is 18.6 Å². The van der Waals surface area contributed by atoms with Crippen LogP contribution < -0.4 is 0 Å². The van der Waals surface area contributed by atoms with Crippen LogP contribution in [0.15, 0.2) is 12.7 Å². The van der Waals surface area contributed by atoms with Crippen molar-refractivity contribution in [3.05, 3.63) is 12.7 Å². The van der Waals surface area contributed by atoms with Crippen LogP contribution in [0, 0.1) is 12.5 Å². The van der Waals surface area contributed by atoms with Crippen LogP contribution in [0.3, 0.4) is 0 Å². The molecule has 2 fully saturated rings. The number of hydrogen-bond donors (Lipinski definition) is 0. The van der Waals surface area contributed by atoms with Crippen molar-refractivity contribution in [2.75, 3.05) is 6.54 Å². The van der Waals surface area contributed by atoms with Crippen LogP contribution in [0.1, 0.15) is 19.8 Å². The SMILES string of the molecule is [B]C1CC(O[P@]2OC(C=C)CN2OC#C)[C@@H](CC)O1. The topological polar surface area (TPSA) is 40.2 Å². The van der Waals surface area contributed by atoms with Gasteiger partial charge in [0, 0.05) is 6.00 Å². The van der Waals surface area contributed by atoms with Gasteiger partial charge in [-0.15, -0.1) is 6.58 Å². The Balaban J connectivity index is 1.96. The van der Waals surface area contributed by atoms with E-state index in [1.807, 2.05) is 6.92 Å². The van der Waals surface area contributed by atoms with Crippen LogP contribution >= 0.6 is 8.53 Å². The molecule has 2 aliphatic rings. The Kier molecular flexibility index (Phi) is 5.26. The second-order valence-electron chi connectivity index (χ2n) is 4.36. The molecule has 0 saturated carbocycles. The van der Waals surface area contributed by atoms with E-state index < -0.39 is 8.53 Å². The molecule has 2 radical (unpaired) electrons. The van der Waals surface area contributed by atoms with Crippen LogP contribution in [0.25, 0.3) is 0 Å². The van der Waals surface area contributed by atoms with Gasteiger partial charge in [0.1, 0.15) is 20.1 Å². The molecule has 2 aliphatic heterocycles. The maximum Gasteiger partial charge on any atom is 0.296 e. The van der Waals surface area contributed by atoms with Crippen LogP contribution in [-0.4, -0.2) is 43.5 Å². The van der Waals surface area contributed by atoms with Gasteiger partial charge in [0.05, 0.1) is 18.8 Å². The van der Waals surface area contributed by atoms with Gasteiger partial charge in [0.25, 0.3) is 8.53 Å². The molecule has 7 heteroatoms. The van der Waals surface area contributed by atoms with Gasteiger partial charge in [-0.1, -0.05) is 24.3 Å². The predicted molar refractivity (Wildman–Crippen MR) is 72.8 cm³/mol. The Morgan fingerprint density at radius 1 is 1.68 bits per heavy atom. The lowest BCUT2D eigenvalue weighted by Gasteiger charge is -2.23. The van der Waals surface area contributed by atoms with E-state index in [0.717, 1.165) is 6.42 Å². The lowest BCUT2D eigenvalue weighted by atomic mass is 9.96. The van der Waals surface area contributed by atoms with Gasteiger partial charge >= 0.3 is 0 Å². The molecule has 2 heterocycles. The number of hydrogen-bond acceptors (Lipinski definition) is 5. The molecule has 5 nitrogen and oxygen atoms in total. The first-order chi connectivity index (χ1) is 9.17.